The molecule has 4 N–H and O–H groups in total. The standard InChI is InChI=1S/C27H30N6O/c1-17(28)32-13-5-6-21(16-32)34-20-10-12-25-26(14-20)33(18(2)31-25)15-19-9-11-24(27(29)30)23-8-4-3-7-22(19)23/h3-4,7-12,14,21,28H,5-6,13,15-16H2,1-2H3,(H3,29,30). The third-order valence-electron chi connectivity index (χ3n) is 6.70. The van der Waals surface area contributed by atoms with Gasteiger partial charge in [0.2, 0.25) is 0 Å². The number of hydrogen-bond acceptors (Lipinski definition) is 4. The second-order valence-electron chi connectivity index (χ2n) is 9.04. The molecule has 7 heteroatoms. The van der Waals surface area contributed by atoms with Crippen LogP contribution in [0.4, 0.5) is 0 Å². The number of nitrogens with two attached hydrogens (primary N) is 1. The smallest absolute Gasteiger partial charge is 0.123 e. The molecule has 0 amide bonds. The van der Waals surface area contributed by atoms with Crippen LogP contribution < -0.4 is 10.5 Å². The molecule has 34 heavy (non-hydrogen) atoms. The van der Waals surface area contributed by atoms with E-state index in [4.69, 9.17) is 26.3 Å². The Bertz CT molecular complexity index is 1410. The molecule has 1 fully saturated rings. The number of aryl methyl sites for hydroxylation is 1. The fourth-order valence-electron chi connectivity index (χ4n) is 4.93. The molecule has 1 unspecified atom stereocenters. The summed E-state index contributed by atoms with van der Waals surface area (Å²) in [7, 11) is 0. The molecule has 1 aromatic heterocycles. The van der Waals surface area contributed by atoms with E-state index in [0.29, 0.717) is 12.4 Å². The lowest BCUT2D eigenvalue weighted by atomic mass is 9.99. The molecule has 1 saturated heterocycles. The number of nitrogen functional groups attached to an aromatic ring is 1. The molecular formula is C27H30N6O. The summed E-state index contributed by atoms with van der Waals surface area (Å²) in [6.07, 6.45) is 2.10. The first-order valence-corrected chi connectivity index (χ1v) is 11.7. The van der Waals surface area contributed by atoms with Gasteiger partial charge in [0.25, 0.3) is 0 Å². The number of nitrogens with one attached hydrogen (secondary N) is 2. The fraction of sp³-hybridized carbons (Fsp3) is 0.296. The monoisotopic (exact) mass is 454 g/mol. The molecule has 1 aliphatic rings. The van der Waals surface area contributed by atoms with Crippen LogP contribution in [-0.2, 0) is 6.54 Å². The number of fused-ring (bicyclic) bond motifs is 2. The molecule has 0 aliphatic carbocycles. The van der Waals surface area contributed by atoms with Crippen LogP contribution in [0.5, 0.6) is 5.75 Å². The van der Waals surface area contributed by atoms with Crippen molar-refractivity contribution in [1.29, 1.82) is 10.8 Å². The number of aromatic nitrogens is 2. The van der Waals surface area contributed by atoms with Crippen molar-refractivity contribution in [3.63, 3.8) is 0 Å². The number of hydrogen-bond donors (Lipinski definition) is 3. The predicted octanol–water partition coefficient (Wildman–Crippen LogP) is 4.67. The minimum Gasteiger partial charge on any atom is -0.489 e. The van der Waals surface area contributed by atoms with Gasteiger partial charge in [0, 0.05) is 24.7 Å². The molecule has 3 aromatic carbocycles. The minimum atomic E-state index is 0.0760. The van der Waals surface area contributed by atoms with Gasteiger partial charge in [-0.05, 0) is 55.2 Å². The van der Waals surface area contributed by atoms with Crippen LogP contribution in [0.1, 0.15) is 36.7 Å². The average molecular weight is 455 g/mol. The Hall–Kier alpha value is -3.87. The van der Waals surface area contributed by atoms with E-state index in [9.17, 15) is 0 Å². The number of benzene rings is 3. The lowest BCUT2D eigenvalue weighted by Gasteiger charge is -2.33. The third-order valence-corrected chi connectivity index (χ3v) is 6.70. The molecule has 7 nitrogen and oxygen atoms in total. The predicted molar refractivity (Wildman–Crippen MR) is 137 cm³/mol. The van der Waals surface area contributed by atoms with Gasteiger partial charge < -0.3 is 19.9 Å². The van der Waals surface area contributed by atoms with E-state index in [-0.39, 0.29) is 11.9 Å². The highest BCUT2D eigenvalue weighted by Gasteiger charge is 2.22. The number of likely N-dealkylation sites (tertiary alicyclic amines) is 1. The van der Waals surface area contributed by atoms with Crippen LogP contribution in [0.15, 0.2) is 54.6 Å². The summed E-state index contributed by atoms with van der Waals surface area (Å²) in [6.45, 7) is 6.20. The van der Waals surface area contributed by atoms with E-state index in [1.807, 2.05) is 50.2 Å². The topological polar surface area (TPSA) is 104 Å². The van der Waals surface area contributed by atoms with Gasteiger partial charge in [-0.1, -0.05) is 36.4 Å². The van der Waals surface area contributed by atoms with E-state index in [2.05, 4.69) is 27.7 Å². The van der Waals surface area contributed by atoms with E-state index in [1.54, 1.807) is 0 Å². The zero-order valence-corrected chi connectivity index (χ0v) is 19.6. The Morgan fingerprint density at radius 2 is 1.91 bits per heavy atom. The van der Waals surface area contributed by atoms with Crippen molar-refractivity contribution in [2.45, 2.75) is 39.3 Å². The Balaban J connectivity index is 1.48. The number of ether oxygens (including phenoxy) is 1. The summed E-state index contributed by atoms with van der Waals surface area (Å²) in [5.74, 6) is 2.45. The maximum absolute atomic E-state index is 7.94. The first-order valence-electron chi connectivity index (χ1n) is 11.7. The van der Waals surface area contributed by atoms with Gasteiger partial charge in [-0.3, -0.25) is 10.8 Å². The van der Waals surface area contributed by atoms with Crippen LogP contribution >= 0.6 is 0 Å². The van der Waals surface area contributed by atoms with Crippen molar-refractivity contribution in [3.8, 4) is 5.75 Å². The largest absolute Gasteiger partial charge is 0.489 e. The van der Waals surface area contributed by atoms with Gasteiger partial charge >= 0.3 is 0 Å². The number of amidine groups is 2. The van der Waals surface area contributed by atoms with E-state index in [0.717, 1.165) is 70.4 Å². The average Bonchev–Trinajstić information content (AvgIpc) is 3.13. The summed E-state index contributed by atoms with van der Waals surface area (Å²) >= 11 is 0. The highest BCUT2D eigenvalue weighted by Crippen LogP contribution is 2.28. The van der Waals surface area contributed by atoms with E-state index in [1.165, 1.54) is 0 Å². The zero-order chi connectivity index (χ0) is 23.8. The van der Waals surface area contributed by atoms with Gasteiger partial charge in [0.05, 0.1) is 23.4 Å². The van der Waals surface area contributed by atoms with Crippen LogP contribution in [0.25, 0.3) is 21.8 Å². The Kier molecular flexibility index (Phi) is 5.69. The van der Waals surface area contributed by atoms with Gasteiger partial charge in [-0.2, -0.15) is 0 Å². The summed E-state index contributed by atoms with van der Waals surface area (Å²) in [5, 5.41) is 17.9. The van der Waals surface area contributed by atoms with Crippen molar-refractivity contribution < 1.29 is 4.74 Å². The highest BCUT2D eigenvalue weighted by molar-refractivity contribution is 6.08. The van der Waals surface area contributed by atoms with Crippen LogP contribution in [0.3, 0.4) is 0 Å². The first kappa shape index (κ1) is 21.9. The molecule has 0 saturated carbocycles. The van der Waals surface area contributed by atoms with Crippen molar-refractivity contribution in [3.05, 3.63) is 71.5 Å². The summed E-state index contributed by atoms with van der Waals surface area (Å²) in [5.41, 5.74) is 9.70. The molecule has 0 radical (unpaired) electrons. The van der Waals surface area contributed by atoms with Crippen LogP contribution in [-0.4, -0.2) is 45.3 Å². The summed E-state index contributed by atoms with van der Waals surface area (Å²) < 4.78 is 8.57. The quantitative estimate of drug-likeness (QED) is 0.301. The van der Waals surface area contributed by atoms with Crippen LogP contribution in [0, 0.1) is 17.7 Å². The number of imidazole rings is 1. The number of nitrogens with zero attached hydrogens (tertiary/aromatic N) is 3. The highest BCUT2D eigenvalue weighted by atomic mass is 16.5. The Labute approximate surface area is 199 Å². The third kappa shape index (κ3) is 4.09. The van der Waals surface area contributed by atoms with Crippen LogP contribution in [0.2, 0.25) is 0 Å². The fourth-order valence-corrected chi connectivity index (χ4v) is 4.93. The van der Waals surface area contributed by atoms with E-state index >= 15 is 0 Å². The molecule has 2 heterocycles. The minimum absolute atomic E-state index is 0.0760. The molecule has 5 rings (SSSR count). The lowest BCUT2D eigenvalue weighted by molar-refractivity contribution is 0.124. The number of rotatable bonds is 5. The van der Waals surface area contributed by atoms with Crippen molar-refractivity contribution in [2.24, 2.45) is 5.73 Å². The van der Waals surface area contributed by atoms with Gasteiger partial charge in [-0.15, -0.1) is 0 Å². The molecule has 4 aromatic rings. The SMILES string of the molecule is CC(=N)N1CCCC(Oc2ccc3nc(C)n(Cc4ccc(C(=N)N)c5ccccc45)c3c2)C1. The molecular weight excluding hydrogens is 424 g/mol. The molecule has 1 atom stereocenters. The molecule has 174 valence electrons. The molecule has 0 bridgehead atoms. The molecule has 0 spiro atoms. The van der Waals surface area contributed by atoms with Crippen molar-refractivity contribution >= 4 is 33.5 Å². The summed E-state index contributed by atoms with van der Waals surface area (Å²) in [4.78, 5) is 6.86. The van der Waals surface area contributed by atoms with Crippen molar-refractivity contribution in [1.82, 2.24) is 14.5 Å². The second kappa shape index (κ2) is 8.82. The maximum Gasteiger partial charge on any atom is 0.123 e. The normalized spacial score (nSPS) is 16.2. The van der Waals surface area contributed by atoms with Crippen molar-refractivity contribution in [2.75, 3.05) is 13.1 Å². The second-order valence-corrected chi connectivity index (χ2v) is 9.04. The van der Waals surface area contributed by atoms with Gasteiger partial charge in [0.15, 0.2) is 0 Å². The molecule has 1 aliphatic heterocycles. The van der Waals surface area contributed by atoms with E-state index < -0.39 is 0 Å². The Morgan fingerprint density at radius 3 is 2.68 bits per heavy atom. The Morgan fingerprint density at radius 1 is 1.12 bits per heavy atom. The number of piperidine rings is 1. The zero-order valence-electron chi connectivity index (χ0n) is 19.6. The maximum atomic E-state index is 7.94. The summed E-state index contributed by atoms with van der Waals surface area (Å²) in [6, 6.07) is 18.2. The van der Waals surface area contributed by atoms with Gasteiger partial charge in [-0.25, -0.2) is 4.98 Å². The van der Waals surface area contributed by atoms with Gasteiger partial charge in [0.1, 0.15) is 23.5 Å². The lowest BCUT2D eigenvalue weighted by Crippen LogP contribution is -2.43. The first-order chi connectivity index (χ1) is 16.4.